The topological polar surface area (TPSA) is 237 Å². The molecule has 16 nitrogen and oxygen atoms in total. The molecule has 0 aliphatic carbocycles. The Morgan fingerprint density at radius 2 is 1.20 bits per heavy atom. The quantitative estimate of drug-likeness (QED) is 0.131. The molecule has 0 aliphatic rings. The summed E-state index contributed by atoms with van der Waals surface area (Å²) >= 11 is 0. The Balaban J connectivity index is 0.000000776. The van der Waals surface area contributed by atoms with Crippen molar-refractivity contribution in [2.75, 3.05) is 23.9 Å². The number of nitro groups is 2. The number of primary amides is 1. The molecule has 0 saturated heterocycles. The number of hydrogen-bond donors (Lipinski definition) is 6. The van der Waals surface area contributed by atoms with Crippen molar-refractivity contribution in [1.82, 2.24) is 16.0 Å². The van der Waals surface area contributed by atoms with Gasteiger partial charge in [0.25, 0.3) is 11.4 Å². The molecule has 41 heavy (non-hydrogen) atoms. The van der Waals surface area contributed by atoms with Crippen LogP contribution in [0.15, 0.2) is 36.4 Å². The lowest BCUT2D eigenvalue weighted by molar-refractivity contribution is -0.385. The third-order valence-corrected chi connectivity index (χ3v) is 5.14. The van der Waals surface area contributed by atoms with Crippen LogP contribution in [-0.2, 0) is 0 Å². The van der Waals surface area contributed by atoms with E-state index in [9.17, 15) is 29.8 Å². The van der Waals surface area contributed by atoms with Gasteiger partial charge in [-0.25, -0.2) is 9.59 Å². The second-order valence-electron chi connectivity index (χ2n) is 9.59. The van der Waals surface area contributed by atoms with Crippen LogP contribution in [0.1, 0.15) is 31.9 Å². The Morgan fingerprint density at radius 3 is 1.49 bits per heavy atom. The summed E-state index contributed by atoms with van der Waals surface area (Å²) in [7, 11) is 3.15. The second kappa shape index (κ2) is 15.0. The molecule has 2 aromatic carbocycles. The number of hydrogen-bond acceptors (Lipinski definition) is 8. The van der Waals surface area contributed by atoms with Gasteiger partial charge in [-0.2, -0.15) is 0 Å². The Kier molecular flexibility index (Phi) is 13.1. The molecule has 0 saturated carbocycles. The largest absolute Gasteiger partial charge is 0.351 e. The van der Waals surface area contributed by atoms with Gasteiger partial charge < -0.3 is 20.9 Å². The number of amides is 4. The number of non-ortho nitro benzene ring substituents is 2. The maximum atomic E-state index is 11.8. The van der Waals surface area contributed by atoms with Crippen LogP contribution in [0.5, 0.6) is 0 Å². The fraction of sp³-hybridized carbons (Fsp3) is 0.333. The lowest BCUT2D eigenvalue weighted by Gasteiger charge is -2.25. The van der Waals surface area contributed by atoms with E-state index in [4.69, 9.17) is 16.6 Å². The van der Waals surface area contributed by atoms with Gasteiger partial charge >= 0.3 is 12.1 Å². The Hall–Kier alpha value is -4.99. The molecule has 224 valence electrons. The number of guanidine groups is 2. The minimum absolute atomic E-state index is 0. The van der Waals surface area contributed by atoms with Crippen molar-refractivity contribution >= 4 is 59.1 Å². The first-order valence-corrected chi connectivity index (χ1v) is 11.6. The summed E-state index contributed by atoms with van der Waals surface area (Å²) in [4.78, 5) is 45.5. The summed E-state index contributed by atoms with van der Waals surface area (Å²) in [5, 5.41) is 44.1. The van der Waals surface area contributed by atoms with E-state index in [0.29, 0.717) is 22.5 Å². The van der Waals surface area contributed by atoms with E-state index in [1.165, 1.54) is 40.1 Å². The summed E-state index contributed by atoms with van der Waals surface area (Å²) in [6.07, 6.45) is 0. The van der Waals surface area contributed by atoms with Gasteiger partial charge in [0.05, 0.1) is 9.85 Å². The summed E-state index contributed by atoms with van der Waals surface area (Å²) in [6, 6.07) is 7.24. The number of rotatable bonds is 4. The molecule has 2 aromatic rings. The maximum absolute atomic E-state index is 11.8. The monoisotopic (exact) mass is 594 g/mol. The number of halogens is 1. The van der Waals surface area contributed by atoms with Gasteiger partial charge in [-0.05, 0) is 57.9 Å². The number of carbonyl (C=O) groups is 2. The van der Waals surface area contributed by atoms with Gasteiger partial charge in [-0.15, -0.1) is 12.4 Å². The molecule has 4 amide bonds. The predicted octanol–water partition coefficient (Wildman–Crippen LogP) is 3.74. The smallest absolute Gasteiger partial charge is 0.321 e. The highest BCUT2D eigenvalue weighted by molar-refractivity contribution is 6.04. The van der Waals surface area contributed by atoms with Crippen LogP contribution in [-0.4, -0.2) is 53.5 Å². The summed E-state index contributed by atoms with van der Waals surface area (Å²) in [5.41, 5.74) is 6.88. The second-order valence-corrected chi connectivity index (χ2v) is 9.59. The number of nitrogens with one attached hydrogen (secondary N) is 5. The molecular weight excluding hydrogens is 560 g/mol. The first kappa shape index (κ1) is 36.0. The van der Waals surface area contributed by atoms with Crippen molar-refractivity contribution < 1.29 is 19.4 Å². The van der Waals surface area contributed by atoms with E-state index >= 15 is 0 Å². The minimum Gasteiger partial charge on any atom is -0.351 e. The number of nitro benzene ring substituents is 2. The molecule has 0 spiro atoms. The fourth-order valence-electron chi connectivity index (χ4n) is 3.26. The number of anilines is 2. The minimum atomic E-state index is -0.841. The third kappa shape index (κ3) is 11.3. The number of urea groups is 2. The highest BCUT2D eigenvalue weighted by Crippen LogP contribution is 2.24. The maximum Gasteiger partial charge on any atom is 0.321 e. The number of carbonyl (C=O) groups excluding carboxylic acids is 2. The van der Waals surface area contributed by atoms with Crippen molar-refractivity contribution in [3.8, 4) is 0 Å². The molecule has 0 radical (unpaired) electrons. The van der Waals surface area contributed by atoms with Crippen LogP contribution >= 0.6 is 12.4 Å². The molecular formula is C24H35ClN10O6. The molecule has 0 fully saturated rings. The van der Waals surface area contributed by atoms with Crippen LogP contribution in [0, 0.1) is 44.9 Å². The molecule has 0 aromatic heterocycles. The number of nitrogens with two attached hydrogens (primary N) is 1. The van der Waals surface area contributed by atoms with E-state index in [-0.39, 0.29) is 35.7 Å². The van der Waals surface area contributed by atoms with Gasteiger partial charge in [0.1, 0.15) is 0 Å². The Labute approximate surface area is 243 Å². The molecule has 0 atom stereocenters. The van der Waals surface area contributed by atoms with Crippen LogP contribution in [0.4, 0.5) is 32.3 Å². The van der Waals surface area contributed by atoms with Crippen molar-refractivity contribution in [3.63, 3.8) is 0 Å². The number of nitrogens with zero attached hydrogens (tertiary/aromatic N) is 4. The van der Waals surface area contributed by atoms with Crippen molar-refractivity contribution in [1.29, 1.82) is 10.8 Å². The van der Waals surface area contributed by atoms with E-state index in [0.717, 1.165) is 0 Å². The normalized spacial score (nSPS) is 10.0. The highest BCUT2D eigenvalue weighted by atomic mass is 35.5. The summed E-state index contributed by atoms with van der Waals surface area (Å²) < 4.78 is 0. The Morgan fingerprint density at radius 1 is 0.829 bits per heavy atom. The zero-order valence-electron chi connectivity index (χ0n) is 23.7. The number of benzene rings is 2. The van der Waals surface area contributed by atoms with Crippen LogP contribution in [0.3, 0.4) is 0 Å². The molecule has 7 N–H and O–H groups in total. The molecule has 0 aliphatic heterocycles. The zero-order valence-corrected chi connectivity index (χ0v) is 24.5. The first-order valence-electron chi connectivity index (χ1n) is 11.6. The van der Waals surface area contributed by atoms with Crippen LogP contribution < -0.4 is 31.5 Å². The van der Waals surface area contributed by atoms with Crippen LogP contribution in [0.25, 0.3) is 0 Å². The molecule has 17 heteroatoms. The van der Waals surface area contributed by atoms with Gasteiger partial charge in [-0.1, -0.05) is 0 Å². The number of aryl methyl sites for hydroxylation is 2. The molecule has 0 heterocycles. The van der Waals surface area contributed by atoms with Crippen LogP contribution in [0.2, 0.25) is 0 Å². The summed E-state index contributed by atoms with van der Waals surface area (Å²) in [5.74, 6) is -0.335. The van der Waals surface area contributed by atoms with E-state index in [2.05, 4.69) is 16.0 Å². The predicted molar refractivity (Wildman–Crippen MR) is 159 cm³/mol. The lowest BCUT2D eigenvalue weighted by atomic mass is 10.1. The van der Waals surface area contributed by atoms with E-state index < -0.39 is 27.4 Å². The standard InChI is InChI=1S/C14H21N5O3.C10H13N5O3.ClH/c1-9-8-10(19(21)22)6-7-11(9)18(5)12(15)16-13(20)17-14(2,3)4;1-6-5-7(15(17)18)3-4-8(6)14(2)9(11)13-10(12)16;/h6-8H,1-5H3,(H3,15,16,17,20);3-5H,1-2H3,(H4,11,12,13,16);1H. The van der Waals surface area contributed by atoms with Gasteiger partial charge in [0, 0.05) is 55.3 Å². The summed E-state index contributed by atoms with van der Waals surface area (Å²) in [6.45, 7) is 8.89. The van der Waals surface area contributed by atoms with Crippen molar-refractivity contribution in [2.24, 2.45) is 5.73 Å². The highest BCUT2D eigenvalue weighted by Gasteiger charge is 2.18. The third-order valence-electron chi connectivity index (χ3n) is 5.14. The van der Waals surface area contributed by atoms with Gasteiger partial charge in [0.2, 0.25) is 11.9 Å². The van der Waals surface area contributed by atoms with Gasteiger partial charge in [-0.3, -0.25) is 41.7 Å². The van der Waals surface area contributed by atoms with E-state index in [1.807, 2.05) is 20.8 Å². The fourth-order valence-corrected chi connectivity index (χ4v) is 3.26. The average Bonchev–Trinajstić information content (AvgIpc) is 2.81. The van der Waals surface area contributed by atoms with Crippen molar-refractivity contribution in [2.45, 2.75) is 40.2 Å². The SMILES string of the molecule is Cc1cc([N+](=O)[O-])ccc1N(C)C(=N)NC(=O)NC(C)(C)C.Cc1cc([N+](=O)[O-])ccc1N(C)C(=N)NC(N)=O.Cl. The lowest BCUT2D eigenvalue weighted by Crippen LogP contribution is -2.51. The zero-order chi connectivity index (χ0) is 30.9. The van der Waals surface area contributed by atoms with Crippen molar-refractivity contribution in [3.05, 3.63) is 67.8 Å². The van der Waals surface area contributed by atoms with E-state index in [1.54, 1.807) is 34.0 Å². The first-order chi connectivity index (χ1) is 18.3. The average molecular weight is 595 g/mol. The molecule has 2 rings (SSSR count). The molecule has 0 unspecified atom stereocenters. The Bertz CT molecular complexity index is 1330. The molecule has 0 bridgehead atoms. The van der Waals surface area contributed by atoms with Gasteiger partial charge in [0.15, 0.2) is 0 Å².